The number of carbonyl (C=O) groups is 3. The lowest BCUT2D eigenvalue weighted by atomic mass is 10.0. The quantitative estimate of drug-likeness (QED) is 0.0201. The monoisotopic (exact) mass is 811 g/mol. The SMILES string of the molecule is CC\C=C/C=C\C=C/C=C\CCCCCCCC(=O)OC(COC(=O)CCC/C=C\CCCCCC)COC(=O)CCCCCCCCCCCCCCCCCC. The number of hydrogen-bond donors (Lipinski definition) is 0. The molecule has 1 atom stereocenters. The zero-order chi connectivity index (χ0) is 42.3. The standard InChI is InChI=1S/C52H90O6/c1-4-7-10-13-16-19-21-23-25-27-28-30-33-36-39-42-45-51(54)57-48-49(47-56-50(53)44-41-38-35-32-18-15-12-9-6-3)58-52(55)46-43-40-37-34-31-29-26-24-22-20-17-14-11-8-5-2/h8,11,14,17,20,22,24,26,32,35,49H,4-7,9-10,12-13,15-16,18-19,21,23,25,27-31,33-34,36-48H2,1-3H3/b11-8-,17-14-,22-20-,26-24-,35-32-. The molecule has 0 aromatic carbocycles. The van der Waals surface area contributed by atoms with E-state index in [1.807, 2.05) is 18.2 Å². The highest BCUT2D eigenvalue weighted by atomic mass is 16.6. The highest BCUT2D eigenvalue weighted by Gasteiger charge is 2.19. The Kier molecular flexibility index (Phi) is 44.5. The predicted octanol–water partition coefficient (Wildman–Crippen LogP) is 15.7. The van der Waals surface area contributed by atoms with Crippen molar-refractivity contribution < 1.29 is 28.6 Å². The van der Waals surface area contributed by atoms with Crippen LogP contribution in [0.4, 0.5) is 0 Å². The van der Waals surface area contributed by atoms with Crippen LogP contribution in [0.1, 0.15) is 233 Å². The third-order valence-electron chi connectivity index (χ3n) is 10.4. The molecule has 0 amide bonds. The van der Waals surface area contributed by atoms with Crippen LogP contribution in [-0.2, 0) is 28.6 Å². The van der Waals surface area contributed by atoms with Gasteiger partial charge in [-0.05, 0) is 57.8 Å². The Labute approximate surface area is 358 Å². The first-order valence-corrected chi connectivity index (χ1v) is 24.3. The van der Waals surface area contributed by atoms with Gasteiger partial charge in [0, 0.05) is 19.3 Å². The van der Waals surface area contributed by atoms with E-state index < -0.39 is 6.10 Å². The smallest absolute Gasteiger partial charge is 0.306 e. The molecule has 0 aliphatic carbocycles. The van der Waals surface area contributed by atoms with Crippen LogP contribution in [0, 0.1) is 0 Å². The van der Waals surface area contributed by atoms with Crippen molar-refractivity contribution in [3.63, 3.8) is 0 Å². The van der Waals surface area contributed by atoms with Gasteiger partial charge in [-0.2, -0.15) is 0 Å². The predicted molar refractivity (Wildman–Crippen MR) is 247 cm³/mol. The maximum atomic E-state index is 12.7. The van der Waals surface area contributed by atoms with Crippen molar-refractivity contribution in [1.29, 1.82) is 0 Å². The van der Waals surface area contributed by atoms with Crippen LogP contribution in [0.15, 0.2) is 60.8 Å². The Bertz CT molecular complexity index is 1070. The average molecular weight is 811 g/mol. The molecule has 0 bridgehead atoms. The minimum atomic E-state index is -0.793. The van der Waals surface area contributed by atoms with Gasteiger partial charge in [0.1, 0.15) is 13.2 Å². The first kappa shape index (κ1) is 55.1. The van der Waals surface area contributed by atoms with Gasteiger partial charge in [-0.25, -0.2) is 0 Å². The fourth-order valence-corrected chi connectivity index (χ4v) is 6.69. The van der Waals surface area contributed by atoms with E-state index in [0.29, 0.717) is 25.7 Å². The van der Waals surface area contributed by atoms with Gasteiger partial charge in [-0.3, -0.25) is 14.4 Å². The molecule has 0 aliphatic rings. The van der Waals surface area contributed by atoms with Crippen LogP contribution in [0.5, 0.6) is 0 Å². The number of hydrogen-bond acceptors (Lipinski definition) is 6. The maximum absolute atomic E-state index is 12.7. The van der Waals surface area contributed by atoms with Gasteiger partial charge in [-0.1, -0.05) is 216 Å². The molecule has 0 aromatic rings. The molecule has 6 nitrogen and oxygen atoms in total. The molecule has 0 N–H and O–H groups in total. The van der Waals surface area contributed by atoms with E-state index in [4.69, 9.17) is 14.2 Å². The highest BCUT2D eigenvalue weighted by molar-refractivity contribution is 5.71. The molecule has 0 saturated carbocycles. The van der Waals surface area contributed by atoms with Crippen LogP contribution >= 0.6 is 0 Å². The average Bonchev–Trinajstić information content (AvgIpc) is 3.22. The molecule has 0 aromatic heterocycles. The van der Waals surface area contributed by atoms with Gasteiger partial charge in [0.25, 0.3) is 0 Å². The Balaban J connectivity index is 4.38. The zero-order valence-corrected chi connectivity index (χ0v) is 38.0. The number of carbonyl (C=O) groups excluding carboxylic acids is 3. The molecule has 1 unspecified atom stereocenters. The van der Waals surface area contributed by atoms with E-state index in [0.717, 1.165) is 77.0 Å². The number of esters is 3. The topological polar surface area (TPSA) is 78.9 Å². The van der Waals surface area contributed by atoms with Crippen molar-refractivity contribution in [3.8, 4) is 0 Å². The van der Waals surface area contributed by atoms with Gasteiger partial charge >= 0.3 is 17.9 Å². The van der Waals surface area contributed by atoms with Crippen molar-refractivity contribution >= 4 is 17.9 Å². The molecule has 0 heterocycles. The summed E-state index contributed by atoms with van der Waals surface area (Å²) in [7, 11) is 0. The minimum Gasteiger partial charge on any atom is -0.462 e. The van der Waals surface area contributed by atoms with E-state index in [1.165, 1.54) is 109 Å². The summed E-state index contributed by atoms with van der Waals surface area (Å²) in [6.07, 6.45) is 56.4. The Morgan fingerprint density at radius 2 is 0.707 bits per heavy atom. The molecule has 0 spiro atoms. The van der Waals surface area contributed by atoms with E-state index in [1.54, 1.807) is 0 Å². The molecule has 0 saturated heterocycles. The van der Waals surface area contributed by atoms with E-state index in [2.05, 4.69) is 63.3 Å². The maximum Gasteiger partial charge on any atom is 0.306 e. The summed E-state index contributed by atoms with van der Waals surface area (Å²) in [5.41, 5.74) is 0. The zero-order valence-electron chi connectivity index (χ0n) is 38.0. The largest absolute Gasteiger partial charge is 0.462 e. The van der Waals surface area contributed by atoms with Crippen molar-refractivity contribution in [2.24, 2.45) is 0 Å². The first-order valence-electron chi connectivity index (χ1n) is 24.3. The molecule has 334 valence electrons. The second-order valence-electron chi connectivity index (χ2n) is 16.1. The van der Waals surface area contributed by atoms with Gasteiger partial charge in [0.2, 0.25) is 0 Å². The van der Waals surface area contributed by atoms with Gasteiger partial charge in [0.05, 0.1) is 0 Å². The summed E-state index contributed by atoms with van der Waals surface area (Å²) >= 11 is 0. The third kappa shape index (κ3) is 44.2. The lowest BCUT2D eigenvalue weighted by Crippen LogP contribution is -2.30. The number of allylic oxidation sites excluding steroid dienone is 10. The summed E-state index contributed by atoms with van der Waals surface area (Å²) in [4.78, 5) is 37.8. The highest BCUT2D eigenvalue weighted by Crippen LogP contribution is 2.15. The number of ether oxygens (including phenoxy) is 3. The minimum absolute atomic E-state index is 0.0909. The molecular formula is C52H90O6. The molecule has 0 fully saturated rings. The van der Waals surface area contributed by atoms with Crippen molar-refractivity contribution in [1.82, 2.24) is 0 Å². The lowest BCUT2D eigenvalue weighted by Gasteiger charge is -2.18. The number of unbranched alkanes of at least 4 members (excludes halogenated alkanes) is 25. The summed E-state index contributed by atoms with van der Waals surface area (Å²) in [5, 5.41) is 0. The lowest BCUT2D eigenvalue weighted by molar-refractivity contribution is -0.167. The van der Waals surface area contributed by atoms with Crippen LogP contribution in [0.25, 0.3) is 0 Å². The second-order valence-corrected chi connectivity index (χ2v) is 16.1. The molecule has 0 radical (unpaired) electrons. The first-order chi connectivity index (χ1) is 28.5. The number of rotatable bonds is 43. The van der Waals surface area contributed by atoms with E-state index >= 15 is 0 Å². The second kappa shape index (κ2) is 46.8. The van der Waals surface area contributed by atoms with Crippen LogP contribution < -0.4 is 0 Å². The summed E-state index contributed by atoms with van der Waals surface area (Å²) in [5.74, 6) is -0.950. The van der Waals surface area contributed by atoms with E-state index in [-0.39, 0.29) is 31.1 Å². The van der Waals surface area contributed by atoms with Crippen molar-refractivity contribution in [2.45, 2.75) is 239 Å². The third-order valence-corrected chi connectivity index (χ3v) is 10.4. The van der Waals surface area contributed by atoms with Crippen molar-refractivity contribution in [2.75, 3.05) is 13.2 Å². The molecule has 6 heteroatoms. The van der Waals surface area contributed by atoms with Gasteiger partial charge in [-0.15, -0.1) is 0 Å². The fourth-order valence-electron chi connectivity index (χ4n) is 6.69. The Morgan fingerprint density at radius 1 is 0.362 bits per heavy atom. The fraction of sp³-hybridized carbons (Fsp3) is 0.750. The molecule has 0 rings (SSSR count). The van der Waals surface area contributed by atoms with Gasteiger partial charge in [0.15, 0.2) is 6.10 Å². The Morgan fingerprint density at radius 3 is 1.19 bits per heavy atom. The molecule has 0 aliphatic heterocycles. The van der Waals surface area contributed by atoms with Crippen molar-refractivity contribution in [3.05, 3.63) is 60.8 Å². The van der Waals surface area contributed by atoms with Crippen LogP contribution in [0.3, 0.4) is 0 Å². The van der Waals surface area contributed by atoms with E-state index in [9.17, 15) is 14.4 Å². The Hall–Kier alpha value is -2.89. The van der Waals surface area contributed by atoms with Crippen LogP contribution in [-0.4, -0.2) is 37.2 Å². The summed E-state index contributed by atoms with van der Waals surface area (Å²) in [6.45, 7) is 6.42. The van der Waals surface area contributed by atoms with Crippen LogP contribution in [0.2, 0.25) is 0 Å². The summed E-state index contributed by atoms with van der Waals surface area (Å²) in [6, 6.07) is 0. The molecule has 58 heavy (non-hydrogen) atoms. The summed E-state index contributed by atoms with van der Waals surface area (Å²) < 4.78 is 16.7. The normalized spacial score (nSPS) is 12.5. The van der Waals surface area contributed by atoms with Gasteiger partial charge < -0.3 is 14.2 Å². The molecular weight excluding hydrogens is 721 g/mol.